The van der Waals surface area contributed by atoms with Crippen molar-refractivity contribution in [2.24, 2.45) is 5.41 Å². The summed E-state index contributed by atoms with van der Waals surface area (Å²) in [7, 11) is 1.59. The van der Waals surface area contributed by atoms with Crippen LogP contribution < -0.4 is 15.4 Å². The van der Waals surface area contributed by atoms with Gasteiger partial charge in [0.2, 0.25) is 5.91 Å². The first-order valence-corrected chi connectivity index (χ1v) is 8.96. The highest BCUT2D eigenvalue weighted by atomic mass is 35.5. The molecule has 160 valence electrons. The van der Waals surface area contributed by atoms with Crippen molar-refractivity contribution in [3.05, 3.63) is 54.1 Å². The number of carbonyl (C=O) groups is 1. The summed E-state index contributed by atoms with van der Waals surface area (Å²) in [5, 5.41) is 6.07. The van der Waals surface area contributed by atoms with Gasteiger partial charge in [0, 0.05) is 25.1 Å². The minimum atomic E-state index is -0.593. The topological polar surface area (TPSA) is 72.5 Å². The fraction of sp³-hybridized carbons (Fsp3) is 0.400. The standard InChI is InChI=1S/C20H24FN3O3.2ClH/c1-26-14-20(7-10-22-11-8-20)19(25)24-15-5-6-18(17(21)12-15)27-13-16-4-2-3-9-23-16;;/h2-6,9,12,22H,7-8,10-11,13-14H2,1H3,(H,24,25);2*1H. The molecule has 0 aliphatic carbocycles. The summed E-state index contributed by atoms with van der Waals surface area (Å²) in [6.45, 7) is 2.03. The van der Waals surface area contributed by atoms with Gasteiger partial charge < -0.3 is 20.1 Å². The van der Waals surface area contributed by atoms with Crippen LogP contribution in [0.4, 0.5) is 10.1 Å². The molecule has 0 unspecified atom stereocenters. The van der Waals surface area contributed by atoms with E-state index in [1.807, 2.05) is 6.07 Å². The summed E-state index contributed by atoms with van der Waals surface area (Å²) in [4.78, 5) is 16.9. The predicted molar refractivity (Wildman–Crippen MR) is 115 cm³/mol. The van der Waals surface area contributed by atoms with Gasteiger partial charge in [-0.05, 0) is 50.2 Å². The van der Waals surface area contributed by atoms with Crippen LogP contribution in [-0.2, 0) is 16.1 Å². The van der Waals surface area contributed by atoms with Gasteiger partial charge >= 0.3 is 0 Å². The number of piperidine rings is 1. The summed E-state index contributed by atoms with van der Waals surface area (Å²) in [5.41, 5.74) is 0.517. The van der Waals surface area contributed by atoms with Gasteiger partial charge in [-0.3, -0.25) is 9.78 Å². The van der Waals surface area contributed by atoms with E-state index >= 15 is 0 Å². The Bertz CT molecular complexity index is 769. The Balaban J connectivity index is 0.00000210. The van der Waals surface area contributed by atoms with Crippen molar-refractivity contribution in [1.29, 1.82) is 0 Å². The number of hydrogen-bond acceptors (Lipinski definition) is 5. The van der Waals surface area contributed by atoms with Crippen LogP contribution in [0, 0.1) is 11.2 Å². The van der Waals surface area contributed by atoms with Crippen molar-refractivity contribution in [2.45, 2.75) is 19.4 Å². The van der Waals surface area contributed by atoms with E-state index in [-0.39, 0.29) is 43.1 Å². The molecule has 2 heterocycles. The zero-order valence-electron chi connectivity index (χ0n) is 16.2. The minimum Gasteiger partial charge on any atom is -0.484 e. The molecule has 0 bridgehead atoms. The molecular weight excluding hydrogens is 420 g/mol. The van der Waals surface area contributed by atoms with E-state index < -0.39 is 11.2 Å². The lowest BCUT2D eigenvalue weighted by Gasteiger charge is -2.35. The second kappa shape index (κ2) is 11.9. The van der Waals surface area contributed by atoms with Crippen LogP contribution in [0.5, 0.6) is 5.75 Å². The number of ether oxygens (including phenoxy) is 2. The Hall–Kier alpha value is -1.93. The normalized spacial score (nSPS) is 14.8. The van der Waals surface area contributed by atoms with Gasteiger partial charge in [-0.25, -0.2) is 4.39 Å². The van der Waals surface area contributed by atoms with Crippen molar-refractivity contribution < 1.29 is 18.7 Å². The van der Waals surface area contributed by atoms with Crippen LogP contribution in [0.1, 0.15) is 18.5 Å². The minimum absolute atomic E-state index is 0. The summed E-state index contributed by atoms with van der Waals surface area (Å²) >= 11 is 0. The number of aromatic nitrogens is 1. The summed E-state index contributed by atoms with van der Waals surface area (Å²) in [6.07, 6.45) is 3.02. The number of pyridine rings is 1. The predicted octanol–water partition coefficient (Wildman–Crippen LogP) is 3.60. The molecule has 1 amide bonds. The van der Waals surface area contributed by atoms with Crippen LogP contribution in [0.25, 0.3) is 0 Å². The van der Waals surface area contributed by atoms with E-state index in [0.717, 1.165) is 13.1 Å². The third kappa shape index (κ3) is 6.54. The molecule has 29 heavy (non-hydrogen) atoms. The largest absolute Gasteiger partial charge is 0.484 e. The Morgan fingerprint density at radius 1 is 1.24 bits per heavy atom. The maximum absolute atomic E-state index is 14.4. The highest BCUT2D eigenvalue weighted by molar-refractivity contribution is 5.95. The number of hydrogen-bond donors (Lipinski definition) is 2. The van der Waals surface area contributed by atoms with Crippen LogP contribution >= 0.6 is 24.8 Å². The molecule has 1 fully saturated rings. The molecule has 6 nitrogen and oxygen atoms in total. The molecule has 1 saturated heterocycles. The number of nitrogens with zero attached hydrogens (tertiary/aromatic N) is 1. The van der Waals surface area contributed by atoms with Crippen LogP contribution in [-0.4, -0.2) is 37.7 Å². The van der Waals surface area contributed by atoms with Gasteiger partial charge in [0.15, 0.2) is 11.6 Å². The van der Waals surface area contributed by atoms with Gasteiger partial charge in [0.05, 0.1) is 17.7 Å². The third-order valence-electron chi connectivity index (χ3n) is 4.75. The van der Waals surface area contributed by atoms with E-state index in [1.165, 1.54) is 12.1 Å². The van der Waals surface area contributed by atoms with Crippen molar-refractivity contribution in [3.8, 4) is 5.75 Å². The van der Waals surface area contributed by atoms with Crippen LogP contribution in [0.2, 0.25) is 0 Å². The molecule has 0 spiro atoms. The molecule has 1 aromatic carbocycles. The Labute approximate surface area is 182 Å². The number of methoxy groups -OCH3 is 1. The molecule has 9 heteroatoms. The first-order chi connectivity index (χ1) is 13.1. The van der Waals surface area contributed by atoms with Gasteiger partial charge in [-0.1, -0.05) is 6.07 Å². The number of nitrogens with one attached hydrogen (secondary N) is 2. The van der Waals surface area contributed by atoms with E-state index in [0.29, 0.717) is 30.8 Å². The van der Waals surface area contributed by atoms with E-state index in [1.54, 1.807) is 31.5 Å². The number of halogens is 3. The molecular formula is C20H26Cl2FN3O3. The number of anilines is 1. The maximum Gasteiger partial charge on any atom is 0.233 e. The average Bonchev–Trinajstić information content (AvgIpc) is 2.69. The van der Waals surface area contributed by atoms with Gasteiger partial charge in [0.25, 0.3) is 0 Å². The molecule has 1 aliphatic rings. The molecule has 2 N–H and O–H groups in total. The molecule has 0 saturated carbocycles. The Morgan fingerprint density at radius 3 is 2.62 bits per heavy atom. The number of amides is 1. The number of benzene rings is 1. The second-order valence-electron chi connectivity index (χ2n) is 6.67. The van der Waals surface area contributed by atoms with Crippen molar-refractivity contribution in [2.75, 3.05) is 32.1 Å². The van der Waals surface area contributed by atoms with Gasteiger partial charge in [-0.2, -0.15) is 0 Å². The zero-order valence-corrected chi connectivity index (χ0v) is 17.8. The van der Waals surface area contributed by atoms with Crippen molar-refractivity contribution >= 4 is 36.4 Å². The quantitative estimate of drug-likeness (QED) is 0.680. The highest BCUT2D eigenvalue weighted by Gasteiger charge is 2.39. The first-order valence-electron chi connectivity index (χ1n) is 8.96. The average molecular weight is 446 g/mol. The molecule has 2 aromatic rings. The van der Waals surface area contributed by atoms with E-state index in [4.69, 9.17) is 9.47 Å². The second-order valence-corrected chi connectivity index (χ2v) is 6.67. The third-order valence-corrected chi connectivity index (χ3v) is 4.75. The lowest BCUT2D eigenvalue weighted by molar-refractivity contribution is -0.130. The number of rotatable bonds is 7. The lowest BCUT2D eigenvalue weighted by atomic mass is 9.78. The Morgan fingerprint density at radius 2 is 2.00 bits per heavy atom. The first kappa shape index (κ1) is 25.1. The summed E-state index contributed by atoms with van der Waals surface area (Å²) < 4.78 is 25.1. The molecule has 1 aromatic heterocycles. The fourth-order valence-corrected chi connectivity index (χ4v) is 3.21. The summed E-state index contributed by atoms with van der Waals surface area (Å²) in [5.74, 6) is -0.561. The molecule has 0 atom stereocenters. The van der Waals surface area contributed by atoms with Crippen molar-refractivity contribution in [3.63, 3.8) is 0 Å². The highest BCUT2D eigenvalue weighted by Crippen LogP contribution is 2.31. The van der Waals surface area contributed by atoms with Gasteiger partial charge in [0.1, 0.15) is 6.61 Å². The molecule has 3 rings (SSSR count). The molecule has 0 radical (unpaired) electrons. The van der Waals surface area contributed by atoms with E-state index in [9.17, 15) is 9.18 Å². The Kier molecular flexibility index (Phi) is 10.3. The number of carbonyl (C=O) groups excluding carboxylic acids is 1. The fourth-order valence-electron chi connectivity index (χ4n) is 3.21. The van der Waals surface area contributed by atoms with E-state index in [2.05, 4.69) is 15.6 Å². The molecule has 1 aliphatic heterocycles. The van der Waals surface area contributed by atoms with Crippen molar-refractivity contribution in [1.82, 2.24) is 10.3 Å². The SMILES string of the molecule is COCC1(C(=O)Nc2ccc(OCc3ccccn3)c(F)c2)CCNCC1.Cl.Cl. The zero-order chi connectivity index (χ0) is 19.1. The monoisotopic (exact) mass is 445 g/mol. The maximum atomic E-state index is 14.4. The summed E-state index contributed by atoms with van der Waals surface area (Å²) in [6, 6.07) is 9.88. The smallest absolute Gasteiger partial charge is 0.233 e. The lowest BCUT2D eigenvalue weighted by Crippen LogP contribution is -2.47. The van der Waals surface area contributed by atoms with Gasteiger partial charge in [-0.15, -0.1) is 24.8 Å². The van der Waals surface area contributed by atoms with Crippen LogP contribution in [0.3, 0.4) is 0 Å². The van der Waals surface area contributed by atoms with Crippen LogP contribution in [0.15, 0.2) is 42.6 Å².